The Kier molecular flexibility index (Phi) is 7.79. The van der Waals surface area contributed by atoms with E-state index >= 15 is 0 Å². The van der Waals surface area contributed by atoms with Crippen LogP contribution < -0.4 is 0 Å². The minimum atomic E-state index is 0.299. The van der Waals surface area contributed by atoms with E-state index in [0.717, 1.165) is 38.9 Å². The molecule has 3 nitrogen and oxygen atoms in total. The normalized spacial score (nSPS) is 15.4. The van der Waals surface area contributed by atoms with Crippen molar-refractivity contribution in [1.29, 1.82) is 0 Å². The molecule has 4 heteroatoms. The van der Waals surface area contributed by atoms with Crippen LogP contribution in [-0.4, -0.2) is 34.2 Å². The summed E-state index contributed by atoms with van der Waals surface area (Å²) in [5, 5.41) is 0. The molecule has 1 fully saturated rings. The first-order valence-electron chi connectivity index (χ1n) is 10.8. The predicted octanol–water partition coefficient (Wildman–Crippen LogP) is 5.91. The van der Waals surface area contributed by atoms with Crippen molar-refractivity contribution in [1.82, 2.24) is 9.21 Å². The molecule has 2 aromatic rings. The molecule has 156 valence electrons. The standard InChI is InChI=1S/C25H34N2OS/c1-5-9-24(28)27(18-22-10-7-6-8-11-22)23-12-14-26(15-13-23)29-25-20(3)16-19(2)17-21(25)4/h6-8,10-11,16-17,23H,5,9,12-15,18H2,1-4H3. The van der Waals surface area contributed by atoms with E-state index in [0.29, 0.717) is 18.4 Å². The fraction of sp³-hybridized carbons (Fsp3) is 0.480. The molecule has 3 rings (SSSR count). The Morgan fingerprint density at radius 2 is 1.69 bits per heavy atom. The van der Waals surface area contributed by atoms with Crippen molar-refractivity contribution in [3.8, 4) is 0 Å². The summed E-state index contributed by atoms with van der Waals surface area (Å²) in [6.45, 7) is 11.4. The van der Waals surface area contributed by atoms with E-state index in [-0.39, 0.29) is 0 Å². The highest BCUT2D eigenvalue weighted by Crippen LogP contribution is 2.33. The number of aryl methyl sites for hydroxylation is 3. The maximum Gasteiger partial charge on any atom is 0.223 e. The molecule has 0 aromatic heterocycles. The monoisotopic (exact) mass is 410 g/mol. The van der Waals surface area contributed by atoms with Gasteiger partial charge in [-0.3, -0.25) is 4.79 Å². The van der Waals surface area contributed by atoms with Gasteiger partial charge in [0.1, 0.15) is 0 Å². The van der Waals surface area contributed by atoms with Crippen LogP contribution in [0.3, 0.4) is 0 Å². The van der Waals surface area contributed by atoms with Gasteiger partial charge in [-0.1, -0.05) is 55.0 Å². The summed E-state index contributed by atoms with van der Waals surface area (Å²) in [5.74, 6) is 0.299. The van der Waals surface area contributed by atoms with Crippen molar-refractivity contribution < 1.29 is 4.79 Å². The molecule has 2 aromatic carbocycles. The van der Waals surface area contributed by atoms with Gasteiger partial charge in [0.2, 0.25) is 5.91 Å². The molecular weight excluding hydrogens is 376 g/mol. The zero-order valence-electron chi connectivity index (χ0n) is 18.3. The Bertz CT molecular complexity index is 790. The summed E-state index contributed by atoms with van der Waals surface area (Å²) in [6.07, 6.45) is 3.63. The number of carbonyl (C=O) groups is 1. The number of nitrogens with zero attached hydrogens (tertiary/aromatic N) is 2. The molecule has 0 saturated carbocycles. The Morgan fingerprint density at radius 1 is 1.07 bits per heavy atom. The van der Waals surface area contributed by atoms with Gasteiger partial charge in [-0.05, 0) is 68.7 Å². The van der Waals surface area contributed by atoms with Crippen LogP contribution in [0.15, 0.2) is 47.4 Å². The van der Waals surface area contributed by atoms with Crippen LogP contribution in [0.25, 0.3) is 0 Å². The average molecular weight is 411 g/mol. The van der Waals surface area contributed by atoms with Crippen molar-refractivity contribution in [2.24, 2.45) is 0 Å². The molecule has 1 heterocycles. The molecule has 1 saturated heterocycles. The van der Waals surface area contributed by atoms with Gasteiger partial charge >= 0.3 is 0 Å². The van der Waals surface area contributed by atoms with Gasteiger partial charge in [0.25, 0.3) is 0 Å². The summed E-state index contributed by atoms with van der Waals surface area (Å²) in [6, 6.07) is 15.3. The second-order valence-electron chi connectivity index (χ2n) is 8.24. The molecule has 0 aliphatic carbocycles. The fourth-order valence-corrected chi connectivity index (χ4v) is 5.30. The summed E-state index contributed by atoms with van der Waals surface area (Å²) in [7, 11) is 0. The zero-order chi connectivity index (χ0) is 20.8. The lowest BCUT2D eigenvalue weighted by Crippen LogP contribution is -2.45. The van der Waals surface area contributed by atoms with Crippen molar-refractivity contribution in [2.75, 3.05) is 13.1 Å². The molecule has 0 spiro atoms. The highest BCUT2D eigenvalue weighted by atomic mass is 32.2. The van der Waals surface area contributed by atoms with Crippen LogP contribution in [-0.2, 0) is 11.3 Å². The average Bonchev–Trinajstić information content (AvgIpc) is 2.70. The molecule has 0 bridgehead atoms. The van der Waals surface area contributed by atoms with Gasteiger partial charge < -0.3 is 4.90 Å². The lowest BCUT2D eigenvalue weighted by Gasteiger charge is -2.38. The van der Waals surface area contributed by atoms with Crippen molar-refractivity contribution >= 4 is 17.9 Å². The van der Waals surface area contributed by atoms with Gasteiger partial charge in [0.05, 0.1) is 0 Å². The predicted molar refractivity (Wildman–Crippen MR) is 123 cm³/mol. The van der Waals surface area contributed by atoms with Crippen molar-refractivity contribution in [3.05, 3.63) is 64.7 Å². The second kappa shape index (κ2) is 10.3. The Labute approximate surface area is 180 Å². The smallest absolute Gasteiger partial charge is 0.223 e. The van der Waals surface area contributed by atoms with E-state index in [1.165, 1.54) is 27.1 Å². The Balaban J connectivity index is 1.64. The van der Waals surface area contributed by atoms with E-state index in [2.05, 4.69) is 73.3 Å². The molecule has 0 N–H and O–H groups in total. The number of hydrogen-bond donors (Lipinski definition) is 0. The van der Waals surface area contributed by atoms with E-state index in [1.54, 1.807) is 0 Å². The second-order valence-corrected chi connectivity index (χ2v) is 9.34. The van der Waals surface area contributed by atoms with Gasteiger partial charge in [0, 0.05) is 37.0 Å². The van der Waals surface area contributed by atoms with Crippen LogP contribution >= 0.6 is 11.9 Å². The van der Waals surface area contributed by atoms with Gasteiger partial charge in [-0.2, -0.15) is 0 Å². The molecule has 0 radical (unpaired) electrons. The van der Waals surface area contributed by atoms with Gasteiger partial charge in [-0.15, -0.1) is 0 Å². The minimum absolute atomic E-state index is 0.299. The largest absolute Gasteiger partial charge is 0.335 e. The number of amides is 1. The third-order valence-electron chi connectivity index (χ3n) is 5.67. The Hall–Kier alpha value is -1.78. The first-order valence-corrected chi connectivity index (χ1v) is 11.6. The number of carbonyl (C=O) groups excluding carboxylic acids is 1. The fourth-order valence-electron chi connectivity index (χ4n) is 4.24. The highest BCUT2D eigenvalue weighted by Gasteiger charge is 2.28. The third-order valence-corrected chi connectivity index (χ3v) is 7.12. The summed E-state index contributed by atoms with van der Waals surface area (Å²) < 4.78 is 2.48. The molecule has 0 unspecified atom stereocenters. The molecule has 29 heavy (non-hydrogen) atoms. The Morgan fingerprint density at radius 3 is 2.28 bits per heavy atom. The summed E-state index contributed by atoms with van der Waals surface area (Å²) in [4.78, 5) is 16.4. The molecule has 1 amide bonds. The first-order chi connectivity index (χ1) is 14.0. The van der Waals surface area contributed by atoms with Crippen molar-refractivity contribution in [3.63, 3.8) is 0 Å². The topological polar surface area (TPSA) is 23.6 Å². The molecule has 1 aliphatic rings. The maximum atomic E-state index is 12.8. The van der Waals surface area contributed by atoms with Gasteiger partial charge in [-0.25, -0.2) is 4.31 Å². The zero-order valence-corrected chi connectivity index (χ0v) is 19.1. The van der Waals surface area contributed by atoms with Crippen LogP contribution in [0.1, 0.15) is 54.9 Å². The lowest BCUT2D eigenvalue weighted by atomic mass is 10.0. The third kappa shape index (κ3) is 5.86. The SMILES string of the molecule is CCCC(=O)N(Cc1ccccc1)C1CCN(Sc2c(C)cc(C)cc2C)CC1. The van der Waals surface area contributed by atoms with E-state index in [1.807, 2.05) is 18.0 Å². The quantitative estimate of drug-likeness (QED) is 0.530. The summed E-state index contributed by atoms with van der Waals surface area (Å²) >= 11 is 1.89. The molecule has 1 aliphatic heterocycles. The van der Waals surface area contributed by atoms with E-state index in [9.17, 15) is 4.79 Å². The van der Waals surface area contributed by atoms with Gasteiger partial charge in [0.15, 0.2) is 0 Å². The van der Waals surface area contributed by atoms with E-state index < -0.39 is 0 Å². The number of piperidine rings is 1. The van der Waals surface area contributed by atoms with E-state index in [4.69, 9.17) is 0 Å². The highest BCUT2D eigenvalue weighted by molar-refractivity contribution is 7.97. The van der Waals surface area contributed by atoms with Crippen LogP contribution in [0.5, 0.6) is 0 Å². The van der Waals surface area contributed by atoms with Crippen LogP contribution in [0.2, 0.25) is 0 Å². The number of rotatable bonds is 7. The molecular formula is C25H34N2OS. The molecule has 0 atom stereocenters. The van der Waals surface area contributed by atoms with Crippen molar-refractivity contribution in [2.45, 2.75) is 70.9 Å². The number of benzene rings is 2. The lowest BCUT2D eigenvalue weighted by molar-refractivity contribution is -0.135. The van der Waals surface area contributed by atoms with Crippen LogP contribution in [0.4, 0.5) is 0 Å². The van der Waals surface area contributed by atoms with Crippen LogP contribution in [0, 0.1) is 20.8 Å². The minimum Gasteiger partial charge on any atom is -0.335 e. The first kappa shape index (κ1) is 21.9. The summed E-state index contributed by atoms with van der Waals surface area (Å²) in [5.41, 5.74) is 5.27. The number of hydrogen-bond acceptors (Lipinski definition) is 3. The maximum absolute atomic E-state index is 12.8.